The number of aromatic nitrogens is 2. The molecule has 0 atom stereocenters. The number of fused-ring (bicyclic) bond motifs is 1. The van der Waals surface area contributed by atoms with Crippen molar-refractivity contribution in [3.63, 3.8) is 0 Å². The van der Waals surface area contributed by atoms with Crippen LogP contribution in [0.3, 0.4) is 0 Å². The van der Waals surface area contributed by atoms with Gasteiger partial charge in [0.25, 0.3) is 5.56 Å². The summed E-state index contributed by atoms with van der Waals surface area (Å²) in [6, 6.07) is 15.3. The maximum atomic E-state index is 12.9. The van der Waals surface area contributed by atoms with Crippen molar-refractivity contribution in [2.45, 2.75) is 13.5 Å². The quantitative estimate of drug-likeness (QED) is 0.543. The third-order valence-corrected chi connectivity index (χ3v) is 5.53. The van der Waals surface area contributed by atoms with Crippen molar-refractivity contribution in [1.29, 1.82) is 0 Å². The molecule has 1 N–H and O–H groups in total. The number of aryl methyl sites for hydroxylation is 1. The second-order valence-electron chi connectivity index (χ2n) is 6.62. The van der Waals surface area contributed by atoms with Crippen molar-refractivity contribution < 1.29 is 9.53 Å². The summed E-state index contributed by atoms with van der Waals surface area (Å²) in [4.78, 5) is 29.8. The molecule has 0 aliphatic heterocycles. The lowest BCUT2D eigenvalue weighted by Crippen LogP contribution is -2.27. The summed E-state index contributed by atoms with van der Waals surface area (Å²) in [5.41, 5.74) is 3.92. The molecule has 2 heterocycles. The van der Waals surface area contributed by atoms with Gasteiger partial charge in [-0.3, -0.25) is 14.2 Å². The number of anilines is 1. The number of amides is 1. The van der Waals surface area contributed by atoms with E-state index in [0.717, 1.165) is 16.7 Å². The minimum absolute atomic E-state index is 0.128. The van der Waals surface area contributed by atoms with Crippen LogP contribution in [0.2, 0.25) is 0 Å². The van der Waals surface area contributed by atoms with Crippen LogP contribution in [0.1, 0.15) is 5.56 Å². The van der Waals surface area contributed by atoms with Crippen molar-refractivity contribution in [3.8, 4) is 16.9 Å². The molecule has 0 radical (unpaired) electrons. The van der Waals surface area contributed by atoms with Crippen LogP contribution in [0.25, 0.3) is 21.3 Å². The van der Waals surface area contributed by atoms with E-state index in [2.05, 4.69) is 10.3 Å². The van der Waals surface area contributed by atoms with Crippen LogP contribution in [0, 0.1) is 6.92 Å². The summed E-state index contributed by atoms with van der Waals surface area (Å²) in [5, 5.41) is 4.74. The number of carbonyl (C=O) groups excluding carboxylic acids is 1. The van der Waals surface area contributed by atoms with Crippen LogP contribution in [0.5, 0.6) is 5.75 Å². The largest absolute Gasteiger partial charge is 0.495 e. The van der Waals surface area contributed by atoms with Gasteiger partial charge in [-0.05, 0) is 30.2 Å². The average molecular weight is 405 g/mol. The van der Waals surface area contributed by atoms with E-state index in [4.69, 9.17) is 4.74 Å². The molecule has 1 amide bonds. The number of nitrogens with zero attached hydrogens (tertiary/aromatic N) is 2. The van der Waals surface area contributed by atoms with Crippen LogP contribution in [0.15, 0.2) is 65.0 Å². The topological polar surface area (TPSA) is 73.2 Å². The Kier molecular flexibility index (Phi) is 5.14. The molecule has 0 saturated heterocycles. The minimum atomic E-state index is -0.322. The molecule has 0 aliphatic rings. The Morgan fingerprint density at radius 2 is 2.00 bits per heavy atom. The Balaban J connectivity index is 1.61. The van der Waals surface area contributed by atoms with Crippen LogP contribution in [-0.4, -0.2) is 22.6 Å². The molecular weight excluding hydrogens is 386 g/mol. The van der Waals surface area contributed by atoms with E-state index in [1.54, 1.807) is 13.2 Å². The lowest BCUT2D eigenvalue weighted by molar-refractivity contribution is -0.116. The molecule has 0 saturated carbocycles. The fraction of sp³-hybridized carbons (Fsp3) is 0.136. The van der Waals surface area contributed by atoms with Gasteiger partial charge in [0.05, 0.1) is 24.6 Å². The Labute approximate surface area is 171 Å². The van der Waals surface area contributed by atoms with Crippen molar-refractivity contribution in [1.82, 2.24) is 9.55 Å². The molecule has 0 fully saturated rings. The molecular formula is C22H19N3O3S. The maximum Gasteiger partial charge on any atom is 0.271 e. The van der Waals surface area contributed by atoms with Gasteiger partial charge in [0.15, 0.2) is 0 Å². The third-order valence-electron chi connectivity index (χ3n) is 4.57. The zero-order valence-corrected chi connectivity index (χ0v) is 16.8. The summed E-state index contributed by atoms with van der Waals surface area (Å²) in [6.07, 6.45) is 1.43. The van der Waals surface area contributed by atoms with Gasteiger partial charge < -0.3 is 10.1 Å². The molecule has 0 unspecified atom stereocenters. The monoisotopic (exact) mass is 405 g/mol. The van der Waals surface area contributed by atoms with E-state index in [0.29, 0.717) is 21.7 Å². The van der Waals surface area contributed by atoms with Gasteiger partial charge in [0, 0.05) is 10.9 Å². The van der Waals surface area contributed by atoms with E-state index < -0.39 is 0 Å². The van der Waals surface area contributed by atoms with E-state index >= 15 is 0 Å². The highest BCUT2D eigenvalue weighted by Crippen LogP contribution is 2.30. The molecule has 146 valence electrons. The Morgan fingerprint density at radius 1 is 1.21 bits per heavy atom. The number of hydrogen-bond acceptors (Lipinski definition) is 5. The number of carbonyl (C=O) groups is 1. The number of ether oxygens (including phenoxy) is 1. The smallest absolute Gasteiger partial charge is 0.271 e. The Hall–Kier alpha value is -3.45. The highest BCUT2D eigenvalue weighted by Gasteiger charge is 2.15. The predicted octanol–water partition coefficient (Wildman–Crippen LogP) is 4.08. The SMILES string of the molecule is COc1ccc(C)cc1NC(=O)Cn1cnc2c(-c3ccccc3)csc2c1=O. The molecule has 4 rings (SSSR count). The van der Waals surface area contributed by atoms with Gasteiger partial charge in [-0.1, -0.05) is 36.4 Å². The normalized spacial score (nSPS) is 10.8. The van der Waals surface area contributed by atoms with Crippen LogP contribution >= 0.6 is 11.3 Å². The number of methoxy groups -OCH3 is 1. The van der Waals surface area contributed by atoms with Crippen molar-refractivity contribution in [2.75, 3.05) is 12.4 Å². The molecule has 0 aliphatic carbocycles. The van der Waals surface area contributed by atoms with Gasteiger partial charge in [0.2, 0.25) is 5.91 Å². The minimum Gasteiger partial charge on any atom is -0.495 e. The number of rotatable bonds is 5. The maximum absolute atomic E-state index is 12.9. The number of benzene rings is 2. The zero-order valence-electron chi connectivity index (χ0n) is 16.0. The van der Waals surface area contributed by atoms with Gasteiger partial charge in [0.1, 0.15) is 17.0 Å². The van der Waals surface area contributed by atoms with E-state index in [-0.39, 0.29) is 18.0 Å². The lowest BCUT2D eigenvalue weighted by Gasteiger charge is -2.11. The molecule has 7 heteroatoms. The summed E-state index contributed by atoms with van der Waals surface area (Å²) in [7, 11) is 1.55. The highest BCUT2D eigenvalue weighted by atomic mass is 32.1. The highest BCUT2D eigenvalue weighted by molar-refractivity contribution is 7.17. The van der Waals surface area contributed by atoms with Gasteiger partial charge in [-0.15, -0.1) is 11.3 Å². The molecule has 2 aromatic carbocycles. The first-order valence-corrected chi connectivity index (χ1v) is 9.91. The molecule has 2 aromatic heterocycles. The fourth-order valence-electron chi connectivity index (χ4n) is 3.14. The molecule has 6 nitrogen and oxygen atoms in total. The summed E-state index contributed by atoms with van der Waals surface area (Å²) >= 11 is 1.34. The molecule has 0 bridgehead atoms. The standard InChI is InChI=1S/C22H19N3O3S/c1-14-8-9-18(28-2)17(10-14)24-19(26)11-25-13-23-20-16(12-29-21(20)22(25)27)15-6-4-3-5-7-15/h3-10,12-13H,11H2,1-2H3,(H,24,26). The number of nitrogens with one attached hydrogen (secondary N) is 1. The van der Waals surface area contributed by atoms with Crippen molar-refractivity contribution >= 4 is 33.1 Å². The first-order chi connectivity index (χ1) is 14.1. The zero-order chi connectivity index (χ0) is 20.4. The van der Waals surface area contributed by atoms with Gasteiger partial charge in [-0.25, -0.2) is 4.98 Å². The average Bonchev–Trinajstić information content (AvgIpc) is 3.16. The lowest BCUT2D eigenvalue weighted by atomic mass is 10.1. The molecule has 0 spiro atoms. The van der Waals surface area contributed by atoms with Crippen molar-refractivity contribution in [2.24, 2.45) is 0 Å². The number of hydrogen-bond donors (Lipinski definition) is 1. The number of thiophene rings is 1. The van der Waals surface area contributed by atoms with Gasteiger partial charge >= 0.3 is 0 Å². The second kappa shape index (κ2) is 7.89. The van der Waals surface area contributed by atoms with E-state index in [9.17, 15) is 9.59 Å². The molecule has 4 aromatic rings. The second-order valence-corrected chi connectivity index (χ2v) is 7.50. The third kappa shape index (κ3) is 3.77. The van der Waals surface area contributed by atoms with E-state index in [1.165, 1.54) is 22.2 Å². The van der Waals surface area contributed by atoms with Crippen molar-refractivity contribution in [3.05, 3.63) is 76.2 Å². The first kappa shape index (κ1) is 18.9. The molecule has 29 heavy (non-hydrogen) atoms. The Morgan fingerprint density at radius 3 is 2.76 bits per heavy atom. The van der Waals surface area contributed by atoms with Crippen LogP contribution < -0.4 is 15.6 Å². The summed E-state index contributed by atoms with van der Waals surface area (Å²) < 4.78 is 7.14. The summed E-state index contributed by atoms with van der Waals surface area (Å²) in [5.74, 6) is 0.243. The van der Waals surface area contributed by atoms with Crippen LogP contribution in [0.4, 0.5) is 5.69 Å². The predicted molar refractivity (Wildman–Crippen MR) is 116 cm³/mol. The van der Waals surface area contributed by atoms with Crippen LogP contribution in [-0.2, 0) is 11.3 Å². The van der Waals surface area contributed by atoms with Gasteiger partial charge in [-0.2, -0.15) is 0 Å². The van der Waals surface area contributed by atoms with E-state index in [1.807, 2.05) is 54.8 Å². The Bertz CT molecular complexity index is 1250. The fourth-order valence-corrected chi connectivity index (χ4v) is 4.12. The first-order valence-electron chi connectivity index (χ1n) is 9.03. The summed E-state index contributed by atoms with van der Waals surface area (Å²) in [6.45, 7) is 1.80.